The molecule has 22 heavy (non-hydrogen) atoms. The molecule has 0 amide bonds. The van der Waals surface area contributed by atoms with Crippen LogP contribution in [-0.2, 0) is 10.3 Å². The van der Waals surface area contributed by atoms with Crippen LogP contribution in [-0.4, -0.2) is 17.6 Å². The first-order chi connectivity index (χ1) is 10.5. The lowest BCUT2D eigenvalue weighted by Gasteiger charge is -2.31. The van der Waals surface area contributed by atoms with Crippen molar-refractivity contribution in [2.75, 3.05) is 6.61 Å². The monoisotopic (exact) mass is 299 g/mol. The van der Waals surface area contributed by atoms with Gasteiger partial charge in [-0.1, -0.05) is 18.2 Å². The fourth-order valence-corrected chi connectivity index (χ4v) is 2.84. The summed E-state index contributed by atoms with van der Waals surface area (Å²) >= 11 is 0. The first-order valence-corrected chi connectivity index (χ1v) is 7.18. The van der Waals surface area contributed by atoms with E-state index in [9.17, 15) is 10.1 Å². The molecule has 1 aliphatic rings. The van der Waals surface area contributed by atoms with Gasteiger partial charge in [0.15, 0.2) is 5.60 Å². The molecule has 1 atom stereocenters. The van der Waals surface area contributed by atoms with Crippen molar-refractivity contribution in [3.05, 3.63) is 69.8 Å². The lowest BCUT2D eigenvalue weighted by molar-refractivity contribution is -0.384. The molecular formula is C17H17NO4. The van der Waals surface area contributed by atoms with Gasteiger partial charge in [0, 0.05) is 17.7 Å². The van der Waals surface area contributed by atoms with E-state index in [0.717, 1.165) is 16.9 Å². The molecule has 1 heterocycles. The highest BCUT2D eigenvalue weighted by atomic mass is 16.6. The van der Waals surface area contributed by atoms with Crippen molar-refractivity contribution in [1.29, 1.82) is 0 Å². The molecule has 0 aromatic heterocycles. The second kappa shape index (κ2) is 5.42. The minimum Gasteiger partial charge on any atom is -0.489 e. The highest BCUT2D eigenvalue weighted by Gasteiger charge is 2.44. The zero-order valence-electron chi connectivity index (χ0n) is 12.5. The second-order valence-corrected chi connectivity index (χ2v) is 5.58. The summed E-state index contributed by atoms with van der Waals surface area (Å²) in [5.41, 5.74) is 1.16. The van der Waals surface area contributed by atoms with Crippen LogP contribution in [0, 0.1) is 10.1 Å². The zero-order valence-corrected chi connectivity index (χ0v) is 12.5. The first-order valence-electron chi connectivity index (χ1n) is 7.18. The number of nitro benzene ring substituents is 1. The Morgan fingerprint density at radius 2 is 1.86 bits per heavy atom. The maximum absolute atomic E-state index is 10.8. The summed E-state index contributed by atoms with van der Waals surface area (Å²) in [5.74, 6) is 0.793. The van der Waals surface area contributed by atoms with E-state index < -0.39 is 10.5 Å². The highest BCUT2D eigenvalue weighted by Crippen LogP contribution is 2.45. The Balaban J connectivity index is 2.10. The summed E-state index contributed by atoms with van der Waals surface area (Å²) in [6.07, 6.45) is -0.00931. The quantitative estimate of drug-likeness (QED) is 0.638. The van der Waals surface area contributed by atoms with E-state index in [1.54, 1.807) is 12.1 Å². The van der Waals surface area contributed by atoms with Crippen molar-refractivity contribution < 1.29 is 14.4 Å². The summed E-state index contributed by atoms with van der Waals surface area (Å²) in [7, 11) is 0. The molecule has 3 rings (SSSR count). The summed E-state index contributed by atoms with van der Waals surface area (Å²) in [6.45, 7) is 4.30. The van der Waals surface area contributed by atoms with E-state index >= 15 is 0 Å². The van der Waals surface area contributed by atoms with Crippen LogP contribution in [0.2, 0.25) is 0 Å². The SMILES string of the molecule is CC(C)OC1(c2ccc([N+](=O)[O-])cc2)COc2ccccc21. The molecule has 2 aromatic carbocycles. The molecule has 0 bridgehead atoms. The minimum atomic E-state index is -0.722. The third-order valence-corrected chi connectivity index (χ3v) is 3.73. The van der Waals surface area contributed by atoms with Crippen molar-refractivity contribution in [1.82, 2.24) is 0 Å². The molecular weight excluding hydrogens is 282 g/mol. The Morgan fingerprint density at radius 1 is 1.18 bits per heavy atom. The maximum Gasteiger partial charge on any atom is 0.269 e. The number of benzene rings is 2. The van der Waals surface area contributed by atoms with Gasteiger partial charge in [-0.15, -0.1) is 0 Å². The fraction of sp³-hybridized carbons (Fsp3) is 0.294. The van der Waals surface area contributed by atoms with E-state index in [0.29, 0.717) is 6.61 Å². The smallest absolute Gasteiger partial charge is 0.269 e. The number of hydrogen-bond acceptors (Lipinski definition) is 4. The average Bonchev–Trinajstić information content (AvgIpc) is 2.87. The van der Waals surface area contributed by atoms with Crippen LogP contribution in [0.15, 0.2) is 48.5 Å². The summed E-state index contributed by atoms with van der Waals surface area (Å²) < 4.78 is 12.0. The van der Waals surface area contributed by atoms with Crippen LogP contribution in [0.1, 0.15) is 25.0 Å². The number of nitro groups is 1. The lowest BCUT2D eigenvalue weighted by Crippen LogP contribution is -2.35. The normalized spacial score (nSPS) is 19.8. The Kier molecular flexibility index (Phi) is 3.58. The van der Waals surface area contributed by atoms with Gasteiger partial charge in [0.05, 0.1) is 11.0 Å². The molecule has 0 saturated heterocycles. The van der Waals surface area contributed by atoms with Crippen molar-refractivity contribution in [2.24, 2.45) is 0 Å². The molecule has 1 aliphatic heterocycles. The van der Waals surface area contributed by atoms with Crippen LogP contribution >= 0.6 is 0 Å². The Morgan fingerprint density at radius 3 is 2.50 bits per heavy atom. The van der Waals surface area contributed by atoms with Crippen LogP contribution in [0.25, 0.3) is 0 Å². The van der Waals surface area contributed by atoms with E-state index in [2.05, 4.69) is 0 Å². The van der Waals surface area contributed by atoms with Gasteiger partial charge in [0.1, 0.15) is 12.4 Å². The number of hydrogen-bond donors (Lipinski definition) is 0. The molecule has 0 radical (unpaired) electrons. The number of para-hydroxylation sites is 1. The maximum atomic E-state index is 10.8. The largest absolute Gasteiger partial charge is 0.489 e. The lowest BCUT2D eigenvalue weighted by atomic mass is 9.87. The molecule has 5 nitrogen and oxygen atoms in total. The number of fused-ring (bicyclic) bond motifs is 1. The minimum absolute atomic E-state index is 0.00931. The average molecular weight is 299 g/mol. The topological polar surface area (TPSA) is 61.6 Å². The van der Waals surface area contributed by atoms with E-state index in [-0.39, 0.29) is 11.8 Å². The molecule has 0 saturated carbocycles. The van der Waals surface area contributed by atoms with E-state index in [1.165, 1.54) is 12.1 Å². The third kappa shape index (κ3) is 2.33. The number of ether oxygens (including phenoxy) is 2. The molecule has 1 unspecified atom stereocenters. The Labute approximate surface area is 128 Å². The van der Waals surface area contributed by atoms with Crippen LogP contribution < -0.4 is 4.74 Å². The molecule has 0 aliphatic carbocycles. The zero-order chi connectivity index (χ0) is 15.7. The number of nitrogens with zero attached hydrogens (tertiary/aromatic N) is 1. The van der Waals surface area contributed by atoms with Gasteiger partial charge in [-0.3, -0.25) is 10.1 Å². The Bertz CT molecular complexity index is 696. The van der Waals surface area contributed by atoms with Gasteiger partial charge in [0.25, 0.3) is 5.69 Å². The summed E-state index contributed by atoms with van der Waals surface area (Å²) in [4.78, 5) is 10.4. The van der Waals surface area contributed by atoms with Crippen molar-refractivity contribution in [3.63, 3.8) is 0 Å². The van der Waals surface area contributed by atoms with Gasteiger partial charge >= 0.3 is 0 Å². The van der Waals surface area contributed by atoms with Gasteiger partial charge in [0.2, 0.25) is 0 Å². The Hall–Kier alpha value is -2.40. The number of non-ortho nitro benzene ring substituents is 1. The van der Waals surface area contributed by atoms with Gasteiger partial charge in [-0.05, 0) is 37.6 Å². The fourth-order valence-electron chi connectivity index (χ4n) is 2.84. The molecule has 0 spiro atoms. The van der Waals surface area contributed by atoms with Crippen molar-refractivity contribution >= 4 is 5.69 Å². The van der Waals surface area contributed by atoms with Crippen molar-refractivity contribution in [2.45, 2.75) is 25.6 Å². The third-order valence-electron chi connectivity index (χ3n) is 3.73. The molecule has 5 heteroatoms. The summed E-state index contributed by atoms with van der Waals surface area (Å²) in [5, 5.41) is 10.8. The molecule has 0 N–H and O–H groups in total. The van der Waals surface area contributed by atoms with Gasteiger partial charge < -0.3 is 9.47 Å². The number of rotatable bonds is 4. The van der Waals surface area contributed by atoms with Crippen LogP contribution in [0.5, 0.6) is 5.75 Å². The molecule has 114 valence electrons. The molecule has 2 aromatic rings. The molecule has 0 fully saturated rings. The van der Waals surface area contributed by atoms with Gasteiger partial charge in [-0.25, -0.2) is 0 Å². The van der Waals surface area contributed by atoms with Crippen molar-refractivity contribution in [3.8, 4) is 5.75 Å². The van der Waals surface area contributed by atoms with Crippen LogP contribution in [0.3, 0.4) is 0 Å². The highest BCUT2D eigenvalue weighted by molar-refractivity contribution is 5.50. The first kappa shape index (κ1) is 14.5. The van der Waals surface area contributed by atoms with Gasteiger partial charge in [-0.2, -0.15) is 0 Å². The van der Waals surface area contributed by atoms with E-state index in [1.807, 2.05) is 38.1 Å². The van der Waals surface area contributed by atoms with E-state index in [4.69, 9.17) is 9.47 Å². The summed E-state index contributed by atoms with van der Waals surface area (Å²) in [6, 6.07) is 14.2. The second-order valence-electron chi connectivity index (χ2n) is 5.58. The van der Waals surface area contributed by atoms with Crippen LogP contribution in [0.4, 0.5) is 5.69 Å². The predicted octanol–water partition coefficient (Wildman–Crippen LogP) is 3.66. The predicted molar refractivity (Wildman–Crippen MR) is 82.0 cm³/mol. The standard InChI is InChI=1S/C17H17NO4/c1-12(2)22-17(11-21-16-6-4-3-5-15(16)17)13-7-9-14(10-8-13)18(19)20/h3-10,12H,11H2,1-2H3.